The number of nitrogens with one attached hydrogen (secondary N) is 1. The maximum absolute atomic E-state index is 3.55. The van der Waals surface area contributed by atoms with Gasteiger partial charge in [-0.25, -0.2) is 0 Å². The van der Waals surface area contributed by atoms with Crippen molar-refractivity contribution >= 4 is 0 Å². The van der Waals surface area contributed by atoms with Gasteiger partial charge in [0.1, 0.15) is 0 Å². The molecule has 1 fully saturated rings. The van der Waals surface area contributed by atoms with Crippen LogP contribution in [0.3, 0.4) is 0 Å². The molecule has 1 saturated heterocycles. The molecule has 0 radical (unpaired) electrons. The first-order valence-electron chi connectivity index (χ1n) is 4.56. The van der Waals surface area contributed by atoms with E-state index in [1.807, 2.05) is 0 Å². The van der Waals surface area contributed by atoms with E-state index in [-0.39, 0.29) is 0 Å². The van der Waals surface area contributed by atoms with Crippen molar-refractivity contribution < 1.29 is 0 Å². The largest absolute Gasteiger partial charge is 0.314 e. The highest BCUT2D eigenvalue weighted by atomic mass is 14.9. The van der Waals surface area contributed by atoms with Gasteiger partial charge in [0.15, 0.2) is 0 Å². The van der Waals surface area contributed by atoms with Crippen molar-refractivity contribution in [2.75, 3.05) is 6.54 Å². The molecule has 0 amide bonds. The van der Waals surface area contributed by atoms with Crippen LogP contribution in [-0.2, 0) is 0 Å². The molecule has 1 aliphatic heterocycles. The summed E-state index contributed by atoms with van der Waals surface area (Å²) in [6.07, 6.45) is 5.46. The Balaban J connectivity index is 2.18. The van der Waals surface area contributed by atoms with Crippen LogP contribution in [0.1, 0.15) is 39.5 Å². The molecule has 0 aromatic rings. The second-order valence-electron chi connectivity index (χ2n) is 3.57. The van der Waals surface area contributed by atoms with Crippen LogP contribution in [0, 0.1) is 5.92 Å². The second-order valence-corrected chi connectivity index (χ2v) is 3.57. The van der Waals surface area contributed by atoms with E-state index in [1.165, 1.54) is 32.2 Å². The molecule has 0 aliphatic carbocycles. The average Bonchev–Trinajstić information content (AvgIpc) is 1.88. The first-order chi connectivity index (χ1) is 4.83. The summed E-state index contributed by atoms with van der Waals surface area (Å²) in [7, 11) is 0. The van der Waals surface area contributed by atoms with Gasteiger partial charge in [0.2, 0.25) is 0 Å². The van der Waals surface area contributed by atoms with Crippen molar-refractivity contribution in [1.29, 1.82) is 0 Å². The summed E-state index contributed by atoms with van der Waals surface area (Å²) >= 11 is 0. The smallest absolute Gasteiger partial charge is 0.00695 e. The molecule has 1 nitrogen and oxygen atoms in total. The van der Waals surface area contributed by atoms with Gasteiger partial charge >= 0.3 is 0 Å². The van der Waals surface area contributed by atoms with E-state index in [1.54, 1.807) is 0 Å². The van der Waals surface area contributed by atoms with Gasteiger partial charge in [-0.1, -0.05) is 20.3 Å². The van der Waals surface area contributed by atoms with E-state index in [2.05, 4.69) is 19.2 Å². The highest BCUT2D eigenvalue weighted by Gasteiger charge is 2.16. The lowest BCUT2D eigenvalue weighted by molar-refractivity contribution is 0.306. The van der Waals surface area contributed by atoms with Gasteiger partial charge in [0.05, 0.1) is 0 Å². The lowest BCUT2D eigenvalue weighted by Gasteiger charge is -2.27. The molecule has 1 rings (SSSR count). The summed E-state index contributed by atoms with van der Waals surface area (Å²) in [6, 6.07) is 0.828. The molecule has 1 heteroatoms. The fourth-order valence-corrected chi connectivity index (χ4v) is 1.79. The molecule has 0 spiro atoms. The summed E-state index contributed by atoms with van der Waals surface area (Å²) in [5.41, 5.74) is 0. The summed E-state index contributed by atoms with van der Waals surface area (Å²) in [6.45, 7) is 5.87. The molecule has 0 aromatic heterocycles. The van der Waals surface area contributed by atoms with Crippen LogP contribution in [0.15, 0.2) is 0 Å². The summed E-state index contributed by atoms with van der Waals surface area (Å²) in [4.78, 5) is 0. The van der Waals surface area contributed by atoms with Crippen molar-refractivity contribution in [3.63, 3.8) is 0 Å². The van der Waals surface area contributed by atoms with Gasteiger partial charge < -0.3 is 5.32 Å². The zero-order chi connectivity index (χ0) is 7.40. The third-order valence-electron chi connectivity index (χ3n) is 2.39. The van der Waals surface area contributed by atoms with Gasteiger partial charge in [0, 0.05) is 6.04 Å². The van der Waals surface area contributed by atoms with E-state index < -0.39 is 0 Å². The zero-order valence-electron chi connectivity index (χ0n) is 7.19. The Kier molecular flexibility index (Phi) is 3.20. The quantitative estimate of drug-likeness (QED) is 0.621. The normalized spacial score (nSPS) is 34.2. The molecule has 1 N–H and O–H groups in total. The fourth-order valence-electron chi connectivity index (χ4n) is 1.79. The predicted molar refractivity (Wildman–Crippen MR) is 45.1 cm³/mol. The first kappa shape index (κ1) is 8.06. The number of hydrogen-bond donors (Lipinski definition) is 1. The Morgan fingerprint density at radius 3 is 2.90 bits per heavy atom. The van der Waals surface area contributed by atoms with E-state index in [0.717, 1.165) is 12.0 Å². The summed E-state index contributed by atoms with van der Waals surface area (Å²) in [5.74, 6) is 0.956. The molecular weight excluding hydrogens is 122 g/mol. The molecule has 1 heterocycles. The fraction of sp³-hybridized carbons (Fsp3) is 1.00. The van der Waals surface area contributed by atoms with Crippen LogP contribution in [0.2, 0.25) is 0 Å². The molecular formula is C9H19N. The van der Waals surface area contributed by atoms with Crippen LogP contribution in [0.5, 0.6) is 0 Å². The Morgan fingerprint density at radius 1 is 1.50 bits per heavy atom. The Morgan fingerprint density at radius 2 is 2.30 bits per heavy atom. The SMILES string of the molecule is CCCC1CC(C)CCN1. The predicted octanol–water partition coefficient (Wildman–Crippen LogP) is 2.17. The number of hydrogen-bond acceptors (Lipinski definition) is 1. The third kappa shape index (κ3) is 2.30. The summed E-state index contributed by atoms with van der Waals surface area (Å²) < 4.78 is 0. The molecule has 1 aliphatic rings. The number of rotatable bonds is 2. The lowest BCUT2D eigenvalue weighted by Crippen LogP contribution is -2.37. The monoisotopic (exact) mass is 141 g/mol. The van der Waals surface area contributed by atoms with Crippen LogP contribution >= 0.6 is 0 Å². The van der Waals surface area contributed by atoms with E-state index in [4.69, 9.17) is 0 Å². The first-order valence-corrected chi connectivity index (χ1v) is 4.56. The summed E-state index contributed by atoms with van der Waals surface area (Å²) in [5, 5.41) is 3.55. The van der Waals surface area contributed by atoms with Gasteiger partial charge in [-0.05, 0) is 31.7 Å². The van der Waals surface area contributed by atoms with Crippen molar-refractivity contribution in [3.05, 3.63) is 0 Å². The molecule has 0 aromatic carbocycles. The minimum Gasteiger partial charge on any atom is -0.314 e. The van der Waals surface area contributed by atoms with Gasteiger partial charge in [-0.3, -0.25) is 0 Å². The molecule has 60 valence electrons. The molecule has 0 saturated carbocycles. The third-order valence-corrected chi connectivity index (χ3v) is 2.39. The Hall–Kier alpha value is -0.0400. The Labute approximate surface area is 64.2 Å². The molecule has 2 unspecified atom stereocenters. The van der Waals surface area contributed by atoms with Crippen LogP contribution in [0.4, 0.5) is 0 Å². The molecule has 10 heavy (non-hydrogen) atoms. The minimum atomic E-state index is 0.828. The standard InChI is InChI=1S/C9H19N/c1-3-4-9-7-8(2)5-6-10-9/h8-10H,3-7H2,1-2H3. The number of piperidine rings is 1. The minimum absolute atomic E-state index is 0.828. The van der Waals surface area contributed by atoms with Gasteiger partial charge in [0.25, 0.3) is 0 Å². The lowest BCUT2D eigenvalue weighted by atomic mass is 9.92. The van der Waals surface area contributed by atoms with Gasteiger partial charge in [-0.15, -0.1) is 0 Å². The van der Waals surface area contributed by atoms with E-state index in [9.17, 15) is 0 Å². The maximum Gasteiger partial charge on any atom is 0.00695 e. The van der Waals surface area contributed by atoms with Crippen molar-refractivity contribution in [2.45, 2.75) is 45.6 Å². The average molecular weight is 141 g/mol. The van der Waals surface area contributed by atoms with Crippen LogP contribution in [0.25, 0.3) is 0 Å². The van der Waals surface area contributed by atoms with Crippen molar-refractivity contribution in [1.82, 2.24) is 5.32 Å². The van der Waals surface area contributed by atoms with E-state index >= 15 is 0 Å². The topological polar surface area (TPSA) is 12.0 Å². The second kappa shape index (κ2) is 3.97. The highest BCUT2D eigenvalue weighted by Crippen LogP contribution is 2.17. The van der Waals surface area contributed by atoms with Gasteiger partial charge in [-0.2, -0.15) is 0 Å². The highest BCUT2D eigenvalue weighted by molar-refractivity contribution is 4.75. The van der Waals surface area contributed by atoms with Crippen molar-refractivity contribution in [2.24, 2.45) is 5.92 Å². The van der Waals surface area contributed by atoms with Crippen LogP contribution in [-0.4, -0.2) is 12.6 Å². The Bertz CT molecular complexity index is 88.7. The van der Waals surface area contributed by atoms with Crippen LogP contribution < -0.4 is 5.32 Å². The molecule has 2 atom stereocenters. The van der Waals surface area contributed by atoms with Crippen molar-refractivity contribution in [3.8, 4) is 0 Å². The van der Waals surface area contributed by atoms with E-state index in [0.29, 0.717) is 0 Å². The molecule has 0 bridgehead atoms. The maximum atomic E-state index is 3.55. The zero-order valence-corrected chi connectivity index (χ0v) is 7.19.